The summed E-state index contributed by atoms with van der Waals surface area (Å²) in [6.45, 7) is 0.248. The largest absolute Gasteiger partial charge is 0.439 e. The van der Waals surface area contributed by atoms with E-state index in [1.165, 1.54) is 6.07 Å². The molecule has 22 heavy (non-hydrogen) atoms. The number of nitrogens with one attached hydrogen (secondary N) is 1. The van der Waals surface area contributed by atoms with Gasteiger partial charge in [-0.2, -0.15) is 0 Å². The number of oxazole rings is 1. The molecule has 3 rings (SSSR count). The summed E-state index contributed by atoms with van der Waals surface area (Å²) < 4.78 is 19.4. The van der Waals surface area contributed by atoms with Crippen LogP contribution in [0.25, 0.3) is 11.3 Å². The van der Waals surface area contributed by atoms with Crippen molar-refractivity contribution in [1.82, 2.24) is 4.98 Å². The molecule has 0 fully saturated rings. The Morgan fingerprint density at radius 2 is 1.95 bits per heavy atom. The molecule has 1 N–H and O–H groups in total. The van der Waals surface area contributed by atoms with E-state index >= 15 is 0 Å². The molecule has 0 atom stereocenters. The Hall–Kier alpha value is -2.04. The molecule has 0 aliphatic carbocycles. The summed E-state index contributed by atoms with van der Waals surface area (Å²) >= 11 is 11.7. The van der Waals surface area contributed by atoms with Crippen molar-refractivity contribution >= 4 is 28.9 Å². The van der Waals surface area contributed by atoms with Crippen LogP contribution in [0, 0.1) is 5.82 Å². The first-order chi connectivity index (χ1) is 10.6. The molecular weight excluding hydrogens is 326 g/mol. The van der Waals surface area contributed by atoms with Gasteiger partial charge in [0.1, 0.15) is 0 Å². The Morgan fingerprint density at radius 1 is 1.14 bits per heavy atom. The number of hydrogen-bond acceptors (Lipinski definition) is 3. The van der Waals surface area contributed by atoms with E-state index in [-0.39, 0.29) is 11.6 Å². The molecule has 0 spiro atoms. The highest BCUT2D eigenvalue weighted by molar-refractivity contribution is 6.31. The minimum Gasteiger partial charge on any atom is -0.439 e. The van der Waals surface area contributed by atoms with Crippen molar-refractivity contribution in [3.05, 3.63) is 70.4 Å². The molecule has 6 heteroatoms. The number of anilines is 1. The molecule has 3 aromatic rings. The van der Waals surface area contributed by atoms with Crippen LogP contribution in [0.3, 0.4) is 0 Å². The smallest absolute Gasteiger partial charge is 0.214 e. The predicted molar refractivity (Wildman–Crippen MR) is 85.7 cm³/mol. The van der Waals surface area contributed by atoms with Crippen molar-refractivity contribution in [3.8, 4) is 11.3 Å². The van der Waals surface area contributed by atoms with Gasteiger partial charge in [-0.15, -0.1) is 0 Å². The van der Waals surface area contributed by atoms with E-state index in [9.17, 15) is 4.39 Å². The van der Waals surface area contributed by atoms with E-state index in [1.54, 1.807) is 30.5 Å². The lowest BCUT2D eigenvalue weighted by Gasteiger charge is -2.06. The van der Waals surface area contributed by atoms with Crippen molar-refractivity contribution < 1.29 is 8.81 Å². The quantitative estimate of drug-likeness (QED) is 0.693. The van der Waals surface area contributed by atoms with Crippen molar-refractivity contribution in [2.45, 2.75) is 6.54 Å². The number of benzene rings is 2. The van der Waals surface area contributed by atoms with Crippen molar-refractivity contribution in [3.63, 3.8) is 0 Å². The minimum atomic E-state index is -0.495. The maximum atomic E-state index is 13.8. The van der Waals surface area contributed by atoms with Gasteiger partial charge in [-0.1, -0.05) is 41.4 Å². The third-order valence-electron chi connectivity index (χ3n) is 3.04. The molecule has 0 aliphatic heterocycles. The van der Waals surface area contributed by atoms with Crippen LogP contribution in [0.1, 0.15) is 5.89 Å². The molecule has 0 saturated carbocycles. The lowest BCUT2D eigenvalue weighted by Crippen LogP contribution is -2.01. The first-order valence-corrected chi connectivity index (χ1v) is 7.27. The lowest BCUT2D eigenvalue weighted by atomic mass is 10.2. The molecule has 0 unspecified atom stereocenters. The predicted octanol–water partition coefficient (Wildman–Crippen LogP) is 5.40. The van der Waals surface area contributed by atoms with Gasteiger partial charge >= 0.3 is 0 Å². The van der Waals surface area contributed by atoms with Crippen LogP contribution in [0.4, 0.5) is 10.1 Å². The summed E-state index contributed by atoms with van der Waals surface area (Å²) in [6.07, 6.45) is 1.61. The van der Waals surface area contributed by atoms with Crippen LogP contribution >= 0.6 is 23.2 Å². The first-order valence-electron chi connectivity index (χ1n) is 6.52. The zero-order chi connectivity index (χ0) is 15.5. The highest BCUT2D eigenvalue weighted by Crippen LogP contribution is 2.25. The monoisotopic (exact) mass is 336 g/mol. The molecule has 0 radical (unpaired) electrons. The zero-order valence-corrected chi connectivity index (χ0v) is 12.8. The Bertz CT molecular complexity index is 804. The summed E-state index contributed by atoms with van der Waals surface area (Å²) in [5.74, 6) is 0.547. The average molecular weight is 337 g/mol. The van der Waals surface area contributed by atoms with E-state index in [0.717, 1.165) is 5.56 Å². The van der Waals surface area contributed by atoms with Crippen LogP contribution < -0.4 is 5.32 Å². The van der Waals surface area contributed by atoms with Crippen molar-refractivity contribution in [2.24, 2.45) is 0 Å². The van der Waals surface area contributed by atoms with Gasteiger partial charge < -0.3 is 9.73 Å². The molecule has 1 aromatic heterocycles. The van der Waals surface area contributed by atoms with E-state index in [0.29, 0.717) is 22.4 Å². The van der Waals surface area contributed by atoms with Gasteiger partial charge in [-0.25, -0.2) is 9.37 Å². The summed E-state index contributed by atoms with van der Waals surface area (Å²) in [4.78, 5) is 4.16. The number of nitrogens with zero attached hydrogens (tertiary/aromatic N) is 1. The molecule has 1 heterocycles. The van der Waals surface area contributed by atoms with E-state index in [1.807, 2.05) is 12.1 Å². The van der Waals surface area contributed by atoms with E-state index < -0.39 is 5.82 Å². The minimum absolute atomic E-state index is 0.0667. The van der Waals surface area contributed by atoms with Crippen LogP contribution in [0.2, 0.25) is 10.0 Å². The highest BCUT2D eigenvalue weighted by atomic mass is 35.5. The number of aromatic nitrogens is 1. The molecule has 0 saturated heterocycles. The normalized spacial score (nSPS) is 10.7. The summed E-state index contributed by atoms with van der Waals surface area (Å²) in [6, 6.07) is 12.0. The second kappa shape index (κ2) is 6.38. The van der Waals surface area contributed by atoms with Gasteiger partial charge in [-0.3, -0.25) is 0 Å². The average Bonchev–Trinajstić information content (AvgIpc) is 2.98. The Kier molecular flexibility index (Phi) is 4.32. The number of rotatable bonds is 4. The summed E-state index contributed by atoms with van der Waals surface area (Å²) in [5, 5.41) is 3.59. The highest BCUT2D eigenvalue weighted by Gasteiger charge is 2.09. The second-order valence-electron chi connectivity index (χ2n) is 4.58. The van der Waals surface area contributed by atoms with E-state index in [4.69, 9.17) is 27.6 Å². The molecule has 0 bridgehead atoms. The molecule has 2 aromatic carbocycles. The molecule has 112 valence electrons. The summed E-state index contributed by atoms with van der Waals surface area (Å²) in [5.41, 5.74) is 1.13. The fourth-order valence-electron chi connectivity index (χ4n) is 1.98. The second-order valence-corrected chi connectivity index (χ2v) is 5.43. The SMILES string of the molecule is Fc1c(Cl)cccc1NCc1ncc(-c2cccc(Cl)c2)o1. The number of halogens is 3. The van der Waals surface area contributed by atoms with Gasteiger partial charge in [0, 0.05) is 10.6 Å². The third kappa shape index (κ3) is 3.24. The molecule has 0 amide bonds. The van der Waals surface area contributed by atoms with Crippen LogP contribution in [-0.4, -0.2) is 4.98 Å². The molecule has 3 nitrogen and oxygen atoms in total. The van der Waals surface area contributed by atoms with Gasteiger partial charge in [0.15, 0.2) is 11.6 Å². The molecule has 0 aliphatic rings. The lowest BCUT2D eigenvalue weighted by molar-refractivity contribution is 0.515. The van der Waals surface area contributed by atoms with Gasteiger partial charge in [0.25, 0.3) is 0 Å². The third-order valence-corrected chi connectivity index (χ3v) is 3.57. The topological polar surface area (TPSA) is 38.1 Å². The molecular formula is C16H11Cl2FN2O. The van der Waals surface area contributed by atoms with Gasteiger partial charge in [0.05, 0.1) is 23.5 Å². The zero-order valence-electron chi connectivity index (χ0n) is 11.3. The first kappa shape index (κ1) is 14.9. The van der Waals surface area contributed by atoms with Crippen molar-refractivity contribution in [2.75, 3.05) is 5.32 Å². The Balaban J connectivity index is 1.73. The Labute approximate surface area is 136 Å². The van der Waals surface area contributed by atoms with Crippen LogP contribution in [-0.2, 0) is 6.54 Å². The van der Waals surface area contributed by atoms with Crippen molar-refractivity contribution in [1.29, 1.82) is 0 Å². The fraction of sp³-hybridized carbons (Fsp3) is 0.0625. The van der Waals surface area contributed by atoms with Crippen LogP contribution in [0.15, 0.2) is 53.1 Å². The fourth-order valence-corrected chi connectivity index (χ4v) is 2.34. The Morgan fingerprint density at radius 3 is 2.77 bits per heavy atom. The van der Waals surface area contributed by atoms with Crippen LogP contribution in [0.5, 0.6) is 0 Å². The summed E-state index contributed by atoms with van der Waals surface area (Å²) in [7, 11) is 0. The van der Waals surface area contributed by atoms with Gasteiger partial charge in [-0.05, 0) is 24.3 Å². The van der Waals surface area contributed by atoms with Gasteiger partial charge in [0.2, 0.25) is 5.89 Å². The maximum Gasteiger partial charge on any atom is 0.214 e. The van der Waals surface area contributed by atoms with E-state index in [2.05, 4.69) is 10.3 Å². The number of hydrogen-bond donors (Lipinski definition) is 1. The standard InChI is InChI=1S/C16H11Cl2FN2O/c17-11-4-1-3-10(7-11)14-8-21-15(22-14)9-20-13-6-2-5-12(18)16(13)19/h1-8,20H,9H2. The maximum absolute atomic E-state index is 13.8.